The molecule has 1 aliphatic carbocycles. The van der Waals surface area contributed by atoms with Crippen molar-refractivity contribution in [2.75, 3.05) is 39.3 Å². The van der Waals surface area contributed by atoms with Gasteiger partial charge in [-0.2, -0.15) is 0 Å². The van der Waals surface area contributed by atoms with Crippen molar-refractivity contribution in [2.45, 2.75) is 70.8 Å². The molecule has 1 saturated carbocycles. The molecule has 2 fully saturated rings. The van der Waals surface area contributed by atoms with Gasteiger partial charge in [0, 0.05) is 32.1 Å². The lowest BCUT2D eigenvalue weighted by Gasteiger charge is -2.20. The molecule has 2 rings (SSSR count). The van der Waals surface area contributed by atoms with Crippen molar-refractivity contribution in [2.24, 2.45) is 4.99 Å². The highest BCUT2D eigenvalue weighted by Gasteiger charge is 2.22. The van der Waals surface area contributed by atoms with Gasteiger partial charge in [-0.05, 0) is 65.1 Å². The summed E-state index contributed by atoms with van der Waals surface area (Å²) in [6, 6.07) is 0.458. The van der Waals surface area contributed by atoms with Crippen LogP contribution in [0.25, 0.3) is 0 Å². The molecule has 1 saturated heterocycles. The van der Waals surface area contributed by atoms with Gasteiger partial charge >= 0.3 is 0 Å². The fraction of sp³-hybridized carbons (Fsp3) is 0.895. The van der Waals surface area contributed by atoms with Gasteiger partial charge in [-0.25, -0.2) is 0 Å². The van der Waals surface area contributed by atoms with Crippen molar-refractivity contribution >= 4 is 35.8 Å². The molecule has 0 bridgehead atoms. The molecular formula is C19H38IN5O. The maximum Gasteiger partial charge on any atom is 0.220 e. The largest absolute Gasteiger partial charge is 0.357 e. The smallest absolute Gasteiger partial charge is 0.220 e. The first-order valence-electron chi connectivity index (χ1n) is 10.3. The predicted molar refractivity (Wildman–Crippen MR) is 119 cm³/mol. The van der Waals surface area contributed by atoms with Gasteiger partial charge in [0.25, 0.3) is 0 Å². The van der Waals surface area contributed by atoms with E-state index in [-0.39, 0.29) is 29.9 Å². The Hall–Kier alpha value is -0.570. The number of nitrogens with zero attached hydrogens (tertiary/aromatic N) is 2. The Balaban J connectivity index is 0.00000338. The number of hydrogen-bond acceptors (Lipinski definition) is 3. The van der Waals surface area contributed by atoms with Crippen LogP contribution in [0.5, 0.6) is 0 Å². The van der Waals surface area contributed by atoms with Crippen LogP contribution in [0.2, 0.25) is 0 Å². The normalized spacial score (nSPS) is 18.6. The highest BCUT2D eigenvalue weighted by Crippen LogP contribution is 2.18. The second-order valence-corrected chi connectivity index (χ2v) is 7.24. The van der Waals surface area contributed by atoms with Crippen LogP contribution in [0.15, 0.2) is 4.99 Å². The maximum atomic E-state index is 11.7. The SMILES string of the molecule is CCNC(=NCCCC(=O)NC1CC1)NCCCN1CCCCCC1.I. The molecule has 26 heavy (non-hydrogen) atoms. The number of likely N-dealkylation sites (tertiary alicyclic amines) is 1. The Morgan fingerprint density at radius 3 is 2.46 bits per heavy atom. The van der Waals surface area contributed by atoms with Crippen LogP contribution < -0.4 is 16.0 Å². The summed E-state index contributed by atoms with van der Waals surface area (Å²) in [5.74, 6) is 1.05. The van der Waals surface area contributed by atoms with Crippen LogP contribution in [0.1, 0.15) is 64.7 Å². The molecular weight excluding hydrogens is 441 g/mol. The highest BCUT2D eigenvalue weighted by atomic mass is 127. The summed E-state index contributed by atoms with van der Waals surface area (Å²) in [4.78, 5) is 18.8. The van der Waals surface area contributed by atoms with Crippen LogP contribution in [0, 0.1) is 0 Å². The first-order chi connectivity index (χ1) is 12.3. The van der Waals surface area contributed by atoms with Gasteiger partial charge in [-0.15, -0.1) is 24.0 Å². The molecule has 0 atom stereocenters. The Bertz CT molecular complexity index is 407. The molecule has 1 aliphatic heterocycles. The number of aliphatic imine (C=N–C) groups is 1. The number of halogens is 1. The topological polar surface area (TPSA) is 68.8 Å². The van der Waals surface area contributed by atoms with E-state index in [2.05, 4.69) is 32.8 Å². The van der Waals surface area contributed by atoms with E-state index in [1.807, 2.05) is 0 Å². The molecule has 1 amide bonds. The van der Waals surface area contributed by atoms with E-state index in [0.717, 1.165) is 44.7 Å². The molecule has 1 heterocycles. The molecule has 0 unspecified atom stereocenters. The van der Waals surface area contributed by atoms with Crippen LogP contribution in [0.4, 0.5) is 0 Å². The van der Waals surface area contributed by atoms with Gasteiger partial charge in [0.05, 0.1) is 0 Å². The van der Waals surface area contributed by atoms with Gasteiger partial charge < -0.3 is 20.9 Å². The monoisotopic (exact) mass is 479 g/mol. The van der Waals surface area contributed by atoms with Gasteiger partial charge in [0.15, 0.2) is 5.96 Å². The molecule has 2 aliphatic rings. The average Bonchev–Trinajstić information content (AvgIpc) is 3.43. The second kappa shape index (κ2) is 14.5. The Kier molecular flexibility index (Phi) is 13.1. The summed E-state index contributed by atoms with van der Waals surface area (Å²) in [5, 5.41) is 9.73. The average molecular weight is 479 g/mol. The first-order valence-corrected chi connectivity index (χ1v) is 10.3. The number of amides is 1. The van der Waals surface area contributed by atoms with Crippen molar-refractivity contribution in [1.29, 1.82) is 0 Å². The number of carbonyl (C=O) groups is 1. The summed E-state index contributed by atoms with van der Waals surface area (Å²) < 4.78 is 0. The molecule has 0 aromatic heterocycles. The standard InChI is InChI=1S/C19H37N5O.HI/c1-2-20-19(21-12-7-9-18(25)23-17-10-11-17)22-13-8-16-24-14-5-3-4-6-15-24;/h17H,2-16H2,1H3,(H,23,25)(H2,20,21,22);1H. The Morgan fingerprint density at radius 2 is 1.81 bits per heavy atom. The molecule has 0 radical (unpaired) electrons. The highest BCUT2D eigenvalue weighted by molar-refractivity contribution is 14.0. The number of hydrogen-bond donors (Lipinski definition) is 3. The first kappa shape index (κ1) is 23.5. The molecule has 6 nitrogen and oxygen atoms in total. The van der Waals surface area contributed by atoms with Crippen molar-refractivity contribution in [1.82, 2.24) is 20.9 Å². The molecule has 7 heteroatoms. The van der Waals surface area contributed by atoms with E-state index in [9.17, 15) is 4.79 Å². The van der Waals surface area contributed by atoms with Gasteiger partial charge in [-0.1, -0.05) is 12.8 Å². The van der Waals surface area contributed by atoms with Crippen LogP contribution in [-0.4, -0.2) is 62.1 Å². The maximum absolute atomic E-state index is 11.7. The minimum absolute atomic E-state index is 0. The number of carbonyl (C=O) groups excluding carboxylic acids is 1. The van der Waals surface area contributed by atoms with E-state index in [4.69, 9.17) is 0 Å². The molecule has 152 valence electrons. The lowest BCUT2D eigenvalue weighted by Crippen LogP contribution is -2.39. The second-order valence-electron chi connectivity index (χ2n) is 7.24. The number of nitrogens with one attached hydrogen (secondary N) is 3. The third-order valence-corrected chi connectivity index (χ3v) is 4.76. The fourth-order valence-electron chi connectivity index (χ4n) is 3.17. The van der Waals surface area contributed by atoms with E-state index in [1.54, 1.807) is 0 Å². The summed E-state index contributed by atoms with van der Waals surface area (Å²) in [7, 11) is 0. The fourth-order valence-corrected chi connectivity index (χ4v) is 3.17. The quantitative estimate of drug-likeness (QED) is 0.195. The zero-order valence-corrected chi connectivity index (χ0v) is 18.7. The van der Waals surface area contributed by atoms with Crippen LogP contribution in [-0.2, 0) is 4.79 Å². The zero-order chi connectivity index (χ0) is 17.7. The molecule has 0 spiro atoms. The van der Waals surface area contributed by atoms with Crippen LogP contribution >= 0.6 is 24.0 Å². The lowest BCUT2D eigenvalue weighted by atomic mass is 10.2. The van der Waals surface area contributed by atoms with Gasteiger partial charge in [0.1, 0.15) is 0 Å². The van der Waals surface area contributed by atoms with Gasteiger partial charge in [0.2, 0.25) is 5.91 Å². The van der Waals surface area contributed by atoms with Crippen molar-refractivity contribution in [3.05, 3.63) is 0 Å². The summed E-state index contributed by atoms with van der Waals surface area (Å²) in [6.45, 7) is 8.28. The minimum Gasteiger partial charge on any atom is -0.357 e. The summed E-state index contributed by atoms with van der Waals surface area (Å²) >= 11 is 0. The van der Waals surface area contributed by atoms with Crippen molar-refractivity contribution < 1.29 is 4.79 Å². The Morgan fingerprint density at radius 1 is 1.08 bits per heavy atom. The van der Waals surface area contributed by atoms with Crippen LogP contribution in [0.3, 0.4) is 0 Å². The third kappa shape index (κ3) is 11.2. The summed E-state index contributed by atoms with van der Waals surface area (Å²) in [6.07, 6.45) is 10.3. The van der Waals surface area contributed by atoms with E-state index in [0.29, 0.717) is 19.0 Å². The van der Waals surface area contributed by atoms with E-state index < -0.39 is 0 Å². The van der Waals surface area contributed by atoms with E-state index >= 15 is 0 Å². The lowest BCUT2D eigenvalue weighted by molar-refractivity contribution is -0.121. The van der Waals surface area contributed by atoms with Crippen molar-refractivity contribution in [3.8, 4) is 0 Å². The number of rotatable bonds is 10. The zero-order valence-electron chi connectivity index (χ0n) is 16.4. The Labute approximate surface area is 176 Å². The minimum atomic E-state index is 0. The van der Waals surface area contributed by atoms with E-state index in [1.165, 1.54) is 45.3 Å². The number of guanidine groups is 1. The third-order valence-electron chi connectivity index (χ3n) is 4.76. The predicted octanol–water partition coefficient (Wildman–Crippen LogP) is 2.48. The van der Waals surface area contributed by atoms with Crippen molar-refractivity contribution in [3.63, 3.8) is 0 Å². The molecule has 3 N–H and O–H groups in total. The van der Waals surface area contributed by atoms with Gasteiger partial charge in [-0.3, -0.25) is 9.79 Å². The summed E-state index contributed by atoms with van der Waals surface area (Å²) in [5.41, 5.74) is 0. The molecule has 0 aromatic carbocycles. The molecule has 0 aromatic rings.